The SMILES string of the molecule is CC1CNCC1CN(Cc1ccccc1)C(C)C. The predicted octanol–water partition coefficient (Wildman–Crippen LogP) is 2.75. The van der Waals surface area contributed by atoms with Gasteiger partial charge in [0.2, 0.25) is 0 Å². The first-order chi connectivity index (χ1) is 8.66. The zero-order valence-corrected chi connectivity index (χ0v) is 11.9. The Bertz CT molecular complexity index is 347. The van der Waals surface area contributed by atoms with Gasteiger partial charge in [0.05, 0.1) is 0 Å². The van der Waals surface area contributed by atoms with Crippen molar-refractivity contribution in [3.63, 3.8) is 0 Å². The molecule has 1 aliphatic heterocycles. The highest BCUT2D eigenvalue weighted by molar-refractivity contribution is 5.14. The monoisotopic (exact) mass is 246 g/mol. The number of hydrogen-bond donors (Lipinski definition) is 1. The number of benzene rings is 1. The van der Waals surface area contributed by atoms with Crippen LogP contribution in [-0.4, -0.2) is 30.6 Å². The maximum Gasteiger partial charge on any atom is 0.0236 e. The second-order valence-corrected chi connectivity index (χ2v) is 5.90. The molecule has 0 spiro atoms. The van der Waals surface area contributed by atoms with Gasteiger partial charge < -0.3 is 5.32 Å². The Morgan fingerprint density at radius 1 is 1.22 bits per heavy atom. The summed E-state index contributed by atoms with van der Waals surface area (Å²) in [4.78, 5) is 2.60. The number of nitrogens with one attached hydrogen (secondary N) is 1. The van der Waals surface area contributed by atoms with E-state index in [4.69, 9.17) is 0 Å². The molecule has 18 heavy (non-hydrogen) atoms. The summed E-state index contributed by atoms with van der Waals surface area (Å²) in [5, 5.41) is 3.50. The van der Waals surface area contributed by atoms with Crippen LogP contribution in [0.1, 0.15) is 26.3 Å². The van der Waals surface area contributed by atoms with Gasteiger partial charge in [0.25, 0.3) is 0 Å². The van der Waals surface area contributed by atoms with E-state index in [2.05, 4.69) is 61.3 Å². The molecule has 0 aromatic heterocycles. The van der Waals surface area contributed by atoms with Crippen molar-refractivity contribution in [1.29, 1.82) is 0 Å². The fourth-order valence-corrected chi connectivity index (χ4v) is 2.69. The van der Waals surface area contributed by atoms with Crippen LogP contribution in [0, 0.1) is 11.8 Å². The van der Waals surface area contributed by atoms with Crippen LogP contribution in [0.3, 0.4) is 0 Å². The number of hydrogen-bond acceptors (Lipinski definition) is 2. The molecule has 2 unspecified atom stereocenters. The highest BCUT2D eigenvalue weighted by Crippen LogP contribution is 2.19. The van der Waals surface area contributed by atoms with E-state index < -0.39 is 0 Å². The van der Waals surface area contributed by atoms with Gasteiger partial charge in [-0.2, -0.15) is 0 Å². The van der Waals surface area contributed by atoms with Crippen molar-refractivity contribution < 1.29 is 0 Å². The smallest absolute Gasteiger partial charge is 0.0236 e. The van der Waals surface area contributed by atoms with Crippen LogP contribution in [-0.2, 0) is 6.54 Å². The maximum atomic E-state index is 3.50. The van der Waals surface area contributed by atoms with Crippen LogP contribution >= 0.6 is 0 Å². The molecule has 2 heteroatoms. The van der Waals surface area contributed by atoms with Crippen LogP contribution in [0.15, 0.2) is 30.3 Å². The average molecular weight is 246 g/mol. The lowest BCUT2D eigenvalue weighted by Crippen LogP contribution is -2.36. The molecular formula is C16H26N2. The fraction of sp³-hybridized carbons (Fsp3) is 0.625. The molecule has 2 nitrogen and oxygen atoms in total. The van der Waals surface area contributed by atoms with E-state index >= 15 is 0 Å². The van der Waals surface area contributed by atoms with Crippen molar-refractivity contribution in [3.05, 3.63) is 35.9 Å². The lowest BCUT2D eigenvalue weighted by Gasteiger charge is -2.30. The molecule has 0 aliphatic carbocycles. The summed E-state index contributed by atoms with van der Waals surface area (Å²) < 4.78 is 0. The first-order valence-corrected chi connectivity index (χ1v) is 7.15. The summed E-state index contributed by atoms with van der Waals surface area (Å²) in [6, 6.07) is 11.4. The molecule has 0 amide bonds. The summed E-state index contributed by atoms with van der Waals surface area (Å²) in [6.45, 7) is 11.6. The van der Waals surface area contributed by atoms with E-state index in [1.807, 2.05) is 0 Å². The van der Waals surface area contributed by atoms with Gasteiger partial charge in [0.15, 0.2) is 0 Å². The fourth-order valence-electron chi connectivity index (χ4n) is 2.69. The topological polar surface area (TPSA) is 15.3 Å². The minimum absolute atomic E-state index is 0.609. The zero-order valence-electron chi connectivity index (χ0n) is 11.9. The van der Waals surface area contributed by atoms with Gasteiger partial charge in [-0.15, -0.1) is 0 Å². The van der Waals surface area contributed by atoms with Crippen molar-refractivity contribution in [2.24, 2.45) is 11.8 Å². The van der Waals surface area contributed by atoms with Crippen LogP contribution in [0.4, 0.5) is 0 Å². The van der Waals surface area contributed by atoms with Gasteiger partial charge >= 0.3 is 0 Å². The minimum atomic E-state index is 0.609. The second kappa shape index (κ2) is 6.35. The Morgan fingerprint density at radius 3 is 2.50 bits per heavy atom. The third kappa shape index (κ3) is 3.56. The first kappa shape index (κ1) is 13.6. The highest BCUT2D eigenvalue weighted by Gasteiger charge is 2.25. The van der Waals surface area contributed by atoms with Crippen molar-refractivity contribution in [1.82, 2.24) is 10.2 Å². The van der Waals surface area contributed by atoms with Crippen molar-refractivity contribution in [3.8, 4) is 0 Å². The molecular weight excluding hydrogens is 220 g/mol. The van der Waals surface area contributed by atoms with Gasteiger partial charge in [-0.1, -0.05) is 37.3 Å². The third-order valence-electron chi connectivity index (χ3n) is 4.11. The number of rotatable bonds is 5. The molecule has 1 saturated heterocycles. The van der Waals surface area contributed by atoms with E-state index in [1.54, 1.807) is 0 Å². The van der Waals surface area contributed by atoms with Crippen LogP contribution in [0.5, 0.6) is 0 Å². The maximum absolute atomic E-state index is 3.50. The molecule has 1 aromatic carbocycles. The van der Waals surface area contributed by atoms with Gasteiger partial charge in [-0.25, -0.2) is 0 Å². The lowest BCUT2D eigenvalue weighted by atomic mass is 9.97. The second-order valence-electron chi connectivity index (χ2n) is 5.90. The van der Waals surface area contributed by atoms with Gasteiger partial charge in [0.1, 0.15) is 0 Å². The molecule has 1 heterocycles. The first-order valence-electron chi connectivity index (χ1n) is 7.15. The summed E-state index contributed by atoms with van der Waals surface area (Å²) in [5.74, 6) is 1.61. The van der Waals surface area contributed by atoms with Crippen molar-refractivity contribution >= 4 is 0 Å². The Kier molecular flexibility index (Phi) is 4.79. The van der Waals surface area contributed by atoms with Gasteiger partial charge in [-0.05, 0) is 44.3 Å². The molecule has 1 fully saturated rings. The third-order valence-corrected chi connectivity index (χ3v) is 4.11. The Hall–Kier alpha value is -0.860. The molecule has 0 bridgehead atoms. The predicted molar refractivity (Wildman–Crippen MR) is 77.5 cm³/mol. The highest BCUT2D eigenvalue weighted by atomic mass is 15.2. The van der Waals surface area contributed by atoms with E-state index in [-0.39, 0.29) is 0 Å². The molecule has 100 valence electrons. The standard InChI is InChI=1S/C16H26N2/c1-13(2)18(11-15-7-5-4-6-8-15)12-16-10-17-9-14(16)3/h4-8,13-14,16-17H,9-12H2,1-3H3. The summed E-state index contributed by atoms with van der Waals surface area (Å²) >= 11 is 0. The van der Waals surface area contributed by atoms with E-state index in [9.17, 15) is 0 Å². The van der Waals surface area contributed by atoms with Gasteiger partial charge in [-0.3, -0.25) is 4.90 Å². The molecule has 2 atom stereocenters. The van der Waals surface area contributed by atoms with E-state index in [1.165, 1.54) is 25.2 Å². The van der Waals surface area contributed by atoms with E-state index in [0.29, 0.717) is 6.04 Å². The van der Waals surface area contributed by atoms with E-state index in [0.717, 1.165) is 18.4 Å². The summed E-state index contributed by atoms with van der Waals surface area (Å²) in [5.41, 5.74) is 1.42. The Labute approximate surface area is 111 Å². The molecule has 2 rings (SSSR count). The quantitative estimate of drug-likeness (QED) is 0.859. The van der Waals surface area contributed by atoms with Gasteiger partial charge in [0, 0.05) is 19.1 Å². The Balaban J connectivity index is 1.96. The minimum Gasteiger partial charge on any atom is -0.316 e. The molecule has 0 radical (unpaired) electrons. The van der Waals surface area contributed by atoms with Crippen molar-refractivity contribution in [2.75, 3.05) is 19.6 Å². The van der Waals surface area contributed by atoms with Crippen LogP contribution < -0.4 is 5.32 Å². The Morgan fingerprint density at radius 2 is 1.94 bits per heavy atom. The van der Waals surface area contributed by atoms with Crippen molar-refractivity contribution in [2.45, 2.75) is 33.4 Å². The van der Waals surface area contributed by atoms with Crippen LogP contribution in [0.2, 0.25) is 0 Å². The molecule has 1 N–H and O–H groups in total. The normalized spacial score (nSPS) is 24.1. The largest absolute Gasteiger partial charge is 0.316 e. The molecule has 1 aromatic rings. The average Bonchev–Trinajstić information content (AvgIpc) is 2.75. The lowest BCUT2D eigenvalue weighted by molar-refractivity contribution is 0.170. The zero-order chi connectivity index (χ0) is 13.0. The summed E-state index contributed by atoms with van der Waals surface area (Å²) in [6.07, 6.45) is 0. The summed E-state index contributed by atoms with van der Waals surface area (Å²) in [7, 11) is 0. The number of nitrogens with zero attached hydrogens (tertiary/aromatic N) is 1. The molecule has 0 saturated carbocycles. The molecule has 1 aliphatic rings. The van der Waals surface area contributed by atoms with Crippen LogP contribution in [0.25, 0.3) is 0 Å².